The molecule has 5 aliphatic rings. The Hall–Kier alpha value is -4.50. The average molecular weight is 764 g/mol. The second-order valence-electron chi connectivity index (χ2n) is 16.3. The molecule has 0 unspecified atom stereocenters. The molecule has 2 aromatic carbocycles. The molecule has 1 spiro atoms. The number of carbonyl (C=O) groups is 4. The lowest BCUT2D eigenvalue weighted by atomic mass is 9.50. The maximum atomic E-state index is 14.2. The van der Waals surface area contributed by atoms with Gasteiger partial charge in [-0.05, 0) is 85.2 Å². The van der Waals surface area contributed by atoms with Crippen molar-refractivity contribution in [1.29, 1.82) is 0 Å². The van der Waals surface area contributed by atoms with Gasteiger partial charge in [0.2, 0.25) is 6.10 Å². The van der Waals surface area contributed by atoms with Gasteiger partial charge in [0.1, 0.15) is 11.4 Å². The summed E-state index contributed by atoms with van der Waals surface area (Å²) >= 11 is 0. The van der Waals surface area contributed by atoms with E-state index in [0.29, 0.717) is 36.9 Å². The summed E-state index contributed by atoms with van der Waals surface area (Å²) in [4.78, 5) is 56.1. The number of ether oxygens (including phenoxy) is 8. The molecule has 3 aliphatic heterocycles. The van der Waals surface area contributed by atoms with E-state index in [1.807, 2.05) is 20.0 Å². The van der Waals surface area contributed by atoms with Gasteiger partial charge in [0.25, 0.3) is 0 Å². The van der Waals surface area contributed by atoms with E-state index >= 15 is 0 Å². The second kappa shape index (κ2) is 14.2. The number of unbranched alkanes of at least 4 members (excludes halogenated alkanes) is 1. The third-order valence-electron chi connectivity index (χ3n) is 11.0. The van der Waals surface area contributed by atoms with Crippen molar-refractivity contribution in [2.24, 2.45) is 0 Å². The third-order valence-corrected chi connectivity index (χ3v) is 11.0. The van der Waals surface area contributed by atoms with Crippen LogP contribution in [-0.4, -0.2) is 95.6 Å². The summed E-state index contributed by atoms with van der Waals surface area (Å²) in [6.07, 6.45) is -2.43. The van der Waals surface area contributed by atoms with Crippen LogP contribution in [0.5, 0.6) is 11.5 Å². The topological polar surface area (TPSA) is 166 Å². The van der Waals surface area contributed by atoms with Gasteiger partial charge in [-0.25, -0.2) is 19.2 Å². The van der Waals surface area contributed by atoms with E-state index in [1.165, 1.54) is 0 Å². The predicted molar refractivity (Wildman–Crippen MR) is 193 cm³/mol. The smallest absolute Gasteiger partial charge is 0.477 e. The van der Waals surface area contributed by atoms with E-state index < -0.39 is 70.9 Å². The highest BCUT2D eigenvalue weighted by Crippen LogP contribution is 2.65. The van der Waals surface area contributed by atoms with Crippen LogP contribution in [0.15, 0.2) is 54.3 Å². The molecule has 2 aromatic rings. The molecule has 0 amide bonds. The molecule has 1 N–H and O–H groups in total. The van der Waals surface area contributed by atoms with Crippen LogP contribution in [0.25, 0.3) is 0 Å². The minimum Gasteiger partial charge on any atom is -0.477 e. The van der Waals surface area contributed by atoms with E-state index in [4.69, 9.17) is 37.9 Å². The van der Waals surface area contributed by atoms with Crippen molar-refractivity contribution in [2.75, 3.05) is 20.2 Å². The first-order valence-corrected chi connectivity index (χ1v) is 18.8. The van der Waals surface area contributed by atoms with Crippen molar-refractivity contribution in [3.8, 4) is 11.5 Å². The van der Waals surface area contributed by atoms with E-state index in [9.17, 15) is 24.3 Å². The number of aliphatic hydroxyl groups is 1. The lowest BCUT2D eigenvalue weighted by Crippen LogP contribution is -2.74. The van der Waals surface area contributed by atoms with Gasteiger partial charge in [-0.2, -0.15) is 0 Å². The van der Waals surface area contributed by atoms with E-state index in [2.05, 4.69) is 4.90 Å². The molecule has 14 nitrogen and oxygen atoms in total. The highest BCUT2D eigenvalue weighted by atomic mass is 16.8. The van der Waals surface area contributed by atoms with Gasteiger partial charge in [0.05, 0.1) is 17.6 Å². The molecule has 2 bridgehead atoms. The van der Waals surface area contributed by atoms with Crippen molar-refractivity contribution in [3.63, 3.8) is 0 Å². The Morgan fingerprint density at radius 2 is 1.71 bits per heavy atom. The van der Waals surface area contributed by atoms with Gasteiger partial charge in [0, 0.05) is 23.6 Å². The van der Waals surface area contributed by atoms with Crippen LogP contribution < -0.4 is 9.47 Å². The maximum absolute atomic E-state index is 14.2. The summed E-state index contributed by atoms with van der Waals surface area (Å²) < 4.78 is 46.8. The second-order valence-corrected chi connectivity index (χ2v) is 16.3. The Bertz CT molecular complexity index is 1890. The minimum absolute atomic E-state index is 0.104. The molecule has 2 fully saturated rings. The molecule has 7 rings (SSSR count). The fraction of sp³-hybridized carbons (Fsp3) is 0.561. The Kier molecular flexibility index (Phi) is 10.0. The van der Waals surface area contributed by atoms with Gasteiger partial charge >= 0.3 is 24.1 Å². The molecule has 0 saturated carbocycles. The van der Waals surface area contributed by atoms with E-state index in [1.54, 1.807) is 77.1 Å². The first-order chi connectivity index (χ1) is 26.0. The number of likely N-dealkylation sites (N-methyl/N-ethyl adjacent to an activating group) is 1. The van der Waals surface area contributed by atoms with Crippen molar-refractivity contribution in [1.82, 2.24) is 4.90 Å². The van der Waals surface area contributed by atoms with Crippen LogP contribution in [-0.2, 0) is 54.6 Å². The van der Waals surface area contributed by atoms with Crippen LogP contribution in [0.4, 0.5) is 4.79 Å². The molecule has 296 valence electrons. The number of carbonyl (C=O) groups excluding carboxylic acids is 4. The summed E-state index contributed by atoms with van der Waals surface area (Å²) in [7, 11) is 1.97. The molecule has 3 heterocycles. The monoisotopic (exact) mass is 763 g/mol. The lowest BCUT2D eigenvalue weighted by molar-refractivity contribution is -0.182. The van der Waals surface area contributed by atoms with E-state index in [0.717, 1.165) is 12.0 Å². The first-order valence-electron chi connectivity index (χ1n) is 18.8. The predicted octanol–water partition coefficient (Wildman–Crippen LogP) is 4.97. The summed E-state index contributed by atoms with van der Waals surface area (Å²) in [5.41, 5.74) is -1.21. The lowest BCUT2D eigenvalue weighted by Gasteiger charge is -2.61. The van der Waals surface area contributed by atoms with Crippen molar-refractivity contribution < 1.29 is 62.2 Å². The SMILES string of the molecule is CCCCOC(=O)[C@@H](OC(=O)[C@@H]1OC(C)(C)O[C@H]1C(=O)OC1=CC[C@@]2(O)[C@H]3Cc4ccc(OC(=O)OC(C)(C)C)c5c4[C@@]2(CCN3C)[C@H]1O5)c1ccccc1. The fourth-order valence-electron chi connectivity index (χ4n) is 8.60. The molecule has 0 radical (unpaired) electrons. The molecule has 2 aliphatic carbocycles. The quantitative estimate of drug-likeness (QED) is 0.149. The zero-order valence-electron chi connectivity index (χ0n) is 32.2. The van der Waals surface area contributed by atoms with Gasteiger partial charge in [-0.15, -0.1) is 0 Å². The van der Waals surface area contributed by atoms with Crippen LogP contribution in [0.3, 0.4) is 0 Å². The van der Waals surface area contributed by atoms with Gasteiger partial charge < -0.3 is 47.9 Å². The van der Waals surface area contributed by atoms with Gasteiger partial charge in [-0.3, -0.25) is 0 Å². The van der Waals surface area contributed by atoms with Crippen molar-refractivity contribution >= 4 is 24.1 Å². The number of hydrogen-bond donors (Lipinski definition) is 1. The number of esters is 3. The Morgan fingerprint density at radius 1 is 1.00 bits per heavy atom. The Morgan fingerprint density at radius 3 is 2.40 bits per heavy atom. The molecule has 14 heteroatoms. The molecular formula is C41H49NO13. The molecule has 2 saturated heterocycles. The maximum Gasteiger partial charge on any atom is 0.514 e. The molecule has 55 heavy (non-hydrogen) atoms. The normalized spacial score (nSPS) is 29.2. The Balaban J connectivity index is 1.17. The summed E-state index contributed by atoms with van der Waals surface area (Å²) in [5, 5.41) is 12.7. The summed E-state index contributed by atoms with van der Waals surface area (Å²) in [6, 6.07) is 11.6. The highest BCUT2D eigenvalue weighted by molar-refractivity contribution is 5.89. The number of benzene rings is 2. The fourth-order valence-corrected chi connectivity index (χ4v) is 8.60. The van der Waals surface area contributed by atoms with Crippen molar-refractivity contribution in [3.05, 3.63) is 71.0 Å². The molecular weight excluding hydrogens is 714 g/mol. The molecule has 0 aromatic heterocycles. The number of likely N-dealkylation sites (tertiary alicyclic amines) is 1. The zero-order chi connectivity index (χ0) is 39.5. The summed E-state index contributed by atoms with van der Waals surface area (Å²) in [6.45, 7) is 11.0. The summed E-state index contributed by atoms with van der Waals surface area (Å²) in [5.74, 6) is -3.69. The third kappa shape index (κ3) is 6.87. The standard InChI is InChI=1S/C41H49NO13/c1-8-9-21-48-34(43)29(23-13-11-10-12-14-23)52-36(45)32-31(53-39(5,6)54-32)35(44)49-26-17-18-41(47)27-22-24-15-16-25(50-37(46)55-38(2,3)4)30-28(24)40(41,33(26)51-30)19-20-42(27)7/h10-17,27,29,31-33,47H,8-9,18-22H2,1-7H3/t27-,29+,31-,32-,33+,40+,41-/m1/s1. The largest absolute Gasteiger partial charge is 0.514 e. The molecule has 7 atom stereocenters. The van der Waals surface area contributed by atoms with Crippen LogP contribution in [0.1, 0.15) is 90.0 Å². The zero-order valence-corrected chi connectivity index (χ0v) is 32.2. The van der Waals surface area contributed by atoms with Gasteiger partial charge in [0.15, 0.2) is 35.6 Å². The number of rotatable bonds is 10. The number of hydrogen-bond acceptors (Lipinski definition) is 14. The van der Waals surface area contributed by atoms with Gasteiger partial charge in [-0.1, -0.05) is 49.7 Å². The van der Waals surface area contributed by atoms with E-state index in [-0.39, 0.29) is 36.3 Å². The van der Waals surface area contributed by atoms with Crippen LogP contribution in [0, 0.1) is 0 Å². The average Bonchev–Trinajstić information content (AvgIpc) is 3.65. The number of piperidine rings is 1. The minimum atomic E-state index is -1.61. The first kappa shape index (κ1) is 38.8. The van der Waals surface area contributed by atoms with Crippen LogP contribution in [0.2, 0.25) is 0 Å². The Labute approximate surface area is 319 Å². The van der Waals surface area contributed by atoms with Crippen LogP contribution >= 0.6 is 0 Å². The van der Waals surface area contributed by atoms with Crippen molar-refractivity contribution in [2.45, 2.75) is 127 Å². The number of nitrogens with zero attached hydrogens (tertiary/aromatic N) is 1. The highest BCUT2D eigenvalue weighted by Gasteiger charge is 2.72.